The maximum atomic E-state index is 13.0. The molecule has 0 saturated carbocycles. The summed E-state index contributed by atoms with van der Waals surface area (Å²) in [6.45, 7) is -1.19. The minimum Gasteiger partial charge on any atom is -0.497 e. The Kier molecular flexibility index (Phi) is 8.10. The van der Waals surface area contributed by atoms with Gasteiger partial charge in [0.2, 0.25) is 0 Å². The molecule has 2 aliphatic rings. The van der Waals surface area contributed by atoms with E-state index in [-0.39, 0.29) is 23.4 Å². The lowest BCUT2D eigenvalue weighted by Crippen LogP contribution is -2.59. The highest BCUT2D eigenvalue weighted by atomic mass is 16.7. The van der Waals surface area contributed by atoms with Gasteiger partial charge in [0.1, 0.15) is 60.5 Å². The van der Waals surface area contributed by atoms with Gasteiger partial charge in [-0.05, 0) is 29.8 Å². The molecule has 3 heterocycles. The molecule has 0 unspecified atom stereocenters. The first-order chi connectivity index (χ1) is 19.1. The van der Waals surface area contributed by atoms with Gasteiger partial charge in [-0.15, -0.1) is 0 Å². The van der Waals surface area contributed by atoms with Gasteiger partial charge in [0, 0.05) is 6.07 Å². The normalized spacial score (nSPS) is 32.3. The summed E-state index contributed by atoms with van der Waals surface area (Å²) in [4.78, 5) is 13.0. The van der Waals surface area contributed by atoms with Crippen molar-refractivity contribution in [3.63, 3.8) is 0 Å². The van der Waals surface area contributed by atoms with E-state index in [0.717, 1.165) is 0 Å². The highest BCUT2D eigenvalue weighted by Crippen LogP contribution is 2.30. The largest absolute Gasteiger partial charge is 0.497 e. The summed E-state index contributed by atoms with van der Waals surface area (Å²) < 4.78 is 32.3. The highest BCUT2D eigenvalue weighted by molar-refractivity contribution is 5.82. The first kappa shape index (κ1) is 28.4. The lowest BCUT2D eigenvalue weighted by Gasteiger charge is -2.38. The number of hydrogen-bond acceptors (Lipinski definition) is 13. The maximum Gasteiger partial charge on any atom is 0.200 e. The Morgan fingerprint density at radius 3 is 2.42 bits per heavy atom. The van der Waals surface area contributed by atoms with Crippen LogP contribution in [0.15, 0.2) is 57.9 Å². The van der Waals surface area contributed by atoms with Crippen molar-refractivity contribution in [3.8, 4) is 22.6 Å². The van der Waals surface area contributed by atoms with Crippen LogP contribution in [0.25, 0.3) is 22.1 Å². The Balaban J connectivity index is 1.21. The van der Waals surface area contributed by atoms with E-state index in [9.17, 15) is 35.4 Å². The smallest absolute Gasteiger partial charge is 0.200 e. The molecule has 0 aliphatic carbocycles. The van der Waals surface area contributed by atoms with Gasteiger partial charge < -0.3 is 58.7 Å². The number of ether oxygens (including phenoxy) is 5. The van der Waals surface area contributed by atoms with Crippen molar-refractivity contribution >= 4 is 11.0 Å². The summed E-state index contributed by atoms with van der Waals surface area (Å²) in [5.74, 6) is 0.920. The molecule has 2 aromatic carbocycles. The van der Waals surface area contributed by atoms with Crippen LogP contribution in [0.5, 0.6) is 11.5 Å². The van der Waals surface area contributed by atoms with E-state index in [1.807, 2.05) is 0 Å². The number of aliphatic hydroxyl groups is 6. The van der Waals surface area contributed by atoms with Crippen LogP contribution < -0.4 is 14.9 Å². The zero-order valence-electron chi connectivity index (χ0n) is 21.3. The standard InChI is InChI=1S/C27H30O13/c1-35-14-4-2-13(3-5-14)17-9-36-18-8-15(6-7-16(18)20(17)28)38-11-27(34)12-39-26(24(27)32)37-10-19-21(29)22(30)23(31)25(33)40-19/h2-9,19,21-26,29-34H,10-12H2,1H3/t19-,21-,22+,23-,24+,25-,26-,27-/m1/s1. The van der Waals surface area contributed by atoms with Gasteiger partial charge in [0.15, 0.2) is 23.6 Å². The van der Waals surface area contributed by atoms with E-state index >= 15 is 0 Å². The molecule has 1 aromatic heterocycles. The lowest BCUT2D eigenvalue weighted by molar-refractivity contribution is -0.297. The Labute approximate surface area is 227 Å². The Morgan fingerprint density at radius 1 is 0.975 bits per heavy atom. The molecule has 8 atom stereocenters. The fourth-order valence-corrected chi connectivity index (χ4v) is 4.56. The number of hydrogen-bond donors (Lipinski definition) is 6. The second-order valence-corrected chi connectivity index (χ2v) is 9.75. The van der Waals surface area contributed by atoms with E-state index in [4.69, 9.17) is 28.1 Å². The Morgan fingerprint density at radius 2 is 1.70 bits per heavy atom. The van der Waals surface area contributed by atoms with Crippen molar-refractivity contribution in [2.24, 2.45) is 0 Å². The Hall–Kier alpha value is -3.11. The highest BCUT2D eigenvalue weighted by Gasteiger charge is 2.50. The fraction of sp³-hybridized carbons (Fsp3) is 0.444. The molecule has 0 radical (unpaired) electrons. The summed E-state index contributed by atoms with van der Waals surface area (Å²) in [5.41, 5.74) is -0.809. The molecule has 2 aliphatic heterocycles. The third-order valence-corrected chi connectivity index (χ3v) is 7.05. The second-order valence-electron chi connectivity index (χ2n) is 9.75. The Bertz CT molecular complexity index is 1380. The topological polar surface area (TPSA) is 198 Å². The van der Waals surface area contributed by atoms with Crippen LogP contribution in [0.1, 0.15) is 0 Å². The molecule has 2 fully saturated rings. The van der Waals surface area contributed by atoms with E-state index in [1.54, 1.807) is 31.4 Å². The maximum absolute atomic E-state index is 13.0. The average Bonchev–Trinajstić information content (AvgIpc) is 3.25. The molecule has 3 aromatic rings. The number of rotatable bonds is 8. The number of aliphatic hydroxyl groups excluding tert-OH is 5. The first-order valence-electron chi connectivity index (χ1n) is 12.5. The van der Waals surface area contributed by atoms with Crippen LogP contribution in [0, 0.1) is 0 Å². The minimum atomic E-state index is -1.88. The van der Waals surface area contributed by atoms with Crippen molar-refractivity contribution < 1.29 is 58.7 Å². The van der Waals surface area contributed by atoms with Crippen molar-refractivity contribution in [1.82, 2.24) is 0 Å². The third-order valence-electron chi connectivity index (χ3n) is 7.05. The van der Waals surface area contributed by atoms with Crippen molar-refractivity contribution in [3.05, 3.63) is 59.0 Å². The molecule has 2 saturated heterocycles. The predicted molar refractivity (Wildman–Crippen MR) is 136 cm³/mol. The van der Waals surface area contributed by atoms with E-state index < -0.39 is 61.9 Å². The fourth-order valence-electron chi connectivity index (χ4n) is 4.56. The van der Waals surface area contributed by atoms with Crippen molar-refractivity contribution in [2.45, 2.75) is 48.7 Å². The van der Waals surface area contributed by atoms with Crippen LogP contribution in [0.3, 0.4) is 0 Å². The van der Waals surface area contributed by atoms with Crippen molar-refractivity contribution in [2.75, 3.05) is 26.9 Å². The summed E-state index contributed by atoms with van der Waals surface area (Å²) >= 11 is 0. The number of fused-ring (bicyclic) bond motifs is 1. The summed E-state index contributed by atoms with van der Waals surface area (Å²) in [7, 11) is 1.55. The van der Waals surface area contributed by atoms with Crippen LogP contribution in [-0.4, -0.2) is 106 Å². The molecule has 5 rings (SSSR count). The second kappa shape index (κ2) is 11.4. The molecule has 40 heavy (non-hydrogen) atoms. The van der Waals surface area contributed by atoms with Gasteiger partial charge >= 0.3 is 0 Å². The van der Waals surface area contributed by atoms with Crippen LogP contribution in [-0.2, 0) is 14.2 Å². The zero-order chi connectivity index (χ0) is 28.6. The molecule has 216 valence electrons. The summed E-state index contributed by atoms with van der Waals surface area (Å²) in [6, 6.07) is 11.5. The van der Waals surface area contributed by atoms with Gasteiger partial charge in [-0.2, -0.15) is 0 Å². The molecule has 13 heteroatoms. The summed E-state index contributed by atoms with van der Waals surface area (Å²) in [6.07, 6.45) is -9.46. The molecular weight excluding hydrogens is 532 g/mol. The average molecular weight is 563 g/mol. The number of methoxy groups -OCH3 is 1. The molecule has 6 N–H and O–H groups in total. The minimum absolute atomic E-state index is 0.238. The SMILES string of the molecule is COc1ccc(-c2coc3cc(OC[C@@]4(O)CO[C@@H](OC[C@H]5O[C@@H](O)[C@H](O)[C@@H](O)[C@@H]5O)[C@@H]4O)ccc3c2=O)cc1. The van der Waals surface area contributed by atoms with E-state index in [1.165, 1.54) is 24.5 Å². The monoisotopic (exact) mass is 562 g/mol. The molecule has 0 amide bonds. The van der Waals surface area contributed by atoms with Gasteiger partial charge in [-0.3, -0.25) is 4.79 Å². The lowest BCUT2D eigenvalue weighted by atomic mass is 9.99. The molecule has 0 bridgehead atoms. The molecular formula is C27H30O13. The van der Waals surface area contributed by atoms with Gasteiger partial charge in [-0.25, -0.2) is 0 Å². The zero-order valence-corrected chi connectivity index (χ0v) is 21.3. The molecule has 0 spiro atoms. The quantitative estimate of drug-likeness (QED) is 0.198. The van der Waals surface area contributed by atoms with Gasteiger partial charge in [0.05, 0.1) is 31.3 Å². The predicted octanol–water partition coefficient (Wildman–Crippen LogP) is -0.888. The van der Waals surface area contributed by atoms with Crippen LogP contribution in [0.4, 0.5) is 0 Å². The third kappa shape index (κ3) is 5.43. The van der Waals surface area contributed by atoms with Gasteiger partial charge in [-0.1, -0.05) is 12.1 Å². The van der Waals surface area contributed by atoms with Crippen molar-refractivity contribution in [1.29, 1.82) is 0 Å². The van der Waals surface area contributed by atoms with E-state index in [0.29, 0.717) is 22.3 Å². The van der Waals surface area contributed by atoms with E-state index in [2.05, 4.69) is 0 Å². The number of benzene rings is 2. The van der Waals surface area contributed by atoms with Crippen LogP contribution >= 0.6 is 0 Å². The first-order valence-corrected chi connectivity index (χ1v) is 12.5. The van der Waals surface area contributed by atoms with Crippen LogP contribution in [0.2, 0.25) is 0 Å². The summed E-state index contributed by atoms with van der Waals surface area (Å²) in [5, 5.41) is 60.9. The van der Waals surface area contributed by atoms with Gasteiger partial charge in [0.25, 0.3) is 0 Å². The molecule has 13 nitrogen and oxygen atoms in total.